The quantitative estimate of drug-likeness (QED) is 0.795. The van der Waals surface area contributed by atoms with Gasteiger partial charge in [-0.25, -0.2) is 0 Å². The Morgan fingerprint density at radius 1 is 1.17 bits per heavy atom. The molecule has 0 radical (unpaired) electrons. The molecular weight excluding hydrogens is 304 g/mol. The third kappa shape index (κ3) is 4.87. The summed E-state index contributed by atoms with van der Waals surface area (Å²) in [6.45, 7) is 5.17. The van der Waals surface area contributed by atoms with Gasteiger partial charge in [0.25, 0.3) is 5.91 Å². The molecule has 2 fully saturated rings. The molecule has 1 aromatic rings. The van der Waals surface area contributed by atoms with Gasteiger partial charge < -0.3 is 19.7 Å². The van der Waals surface area contributed by atoms with Crippen molar-refractivity contribution in [3.8, 4) is 11.5 Å². The SMILES string of the molecule is CCOc1cc(CNC2CC2)ccc1OCC(=O)N1CCCCC1. The van der Waals surface area contributed by atoms with Crippen LogP contribution in [0.1, 0.15) is 44.6 Å². The maximum absolute atomic E-state index is 12.2. The van der Waals surface area contributed by atoms with Crippen molar-refractivity contribution in [2.24, 2.45) is 0 Å². The fraction of sp³-hybridized carbons (Fsp3) is 0.632. The van der Waals surface area contributed by atoms with Crippen LogP contribution in [-0.4, -0.2) is 43.2 Å². The van der Waals surface area contributed by atoms with E-state index in [4.69, 9.17) is 9.47 Å². The van der Waals surface area contributed by atoms with Crippen molar-refractivity contribution in [3.05, 3.63) is 23.8 Å². The van der Waals surface area contributed by atoms with Crippen LogP contribution in [0.4, 0.5) is 0 Å². The molecule has 1 N–H and O–H groups in total. The summed E-state index contributed by atoms with van der Waals surface area (Å²) in [5.41, 5.74) is 1.18. The first-order valence-corrected chi connectivity index (χ1v) is 9.16. The largest absolute Gasteiger partial charge is 0.490 e. The number of piperidine rings is 1. The first-order chi connectivity index (χ1) is 11.8. The number of benzene rings is 1. The molecule has 1 aliphatic heterocycles. The van der Waals surface area contributed by atoms with Gasteiger partial charge in [0.05, 0.1) is 6.61 Å². The Morgan fingerprint density at radius 2 is 1.96 bits per heavy atom. The number of carbonyl (C=O) groups is 1. The van der Waals surface area contributed by atoms with Gasteiger partial charge in [-0.2, -0.15) is 0 Å². The first kappa shape index (κ1) is 17.1. The number of hydrogen-bond donors (Lipinski definition) is 1. The summed E-state index contributed by atoms with van der Waals surface area (Å²) in [7, 11) is 0. The topological polar surface area (TPSA) is 50.8 Å². The van der Waals surface area contributed by atoms with E-state index in [0.29, 0.717) is 18.4 Å². The molecule has 2 aliphatic rings. The second-order valence-electron chi connectivity index (χ2n) is 6.60. The van der Waals surface area contributed by atoms with Gasteiger partial charge in [-0.1, -0.05) is 6.07 Å². The molecule has 24 heavy (non-hydrogen) atoms. The summed E-state index contributed by atoms with van der Waals surface area (Å²) in [5.74, 6) is 1.44. The van der Waals surface area contributed by atoms with E-state index in [2.05, 4.69) is 5.32 Å². The second kappa shape index (κ2) is 8.38. The number of likely N-dealkylation sites (tertiary alicyclic amines) is 1. The second-order valence-corrected chi connectivity index (χ2v) is 6.60. The van der Waals surface area contributed by atoms with E-state index in [1.807, 2.05) is 30.0 Å². The smallest absolute Gasteiger partial charge is 0.260 e. The maximum Gasteiger partial charge on any atom is 0.260 e. The molecule has 1 aromatic carbocycles. The van der Waals surface area contributed by atoms with Gasteiger partial charge in [0, 0.05) is 25.7 Å². The molecule has 1 amide bonds. The van der Waals surface area contributed by atoms with Crippen LogP contribution in [-0.2, 0) is 11.3 Å². The molecule has 0 unspecified atom stereocenters. The molecule has 1 saturated carbocycles. The molecule has 1 heterocycles. The first-order valence-electron chi connectivity index (χ1n) is 9.16. The fourth-order valence-corrected chi connectivity index (χ4v) is 2.97. The third-order valence-electron chi connectivity index (χ3n) is 4.54. The zero-order chi connectivity index (χ0) is 16.8. The van der Waals surface area contributed by atoms with Crippen molar-refractivity contribution in [3.63, 3.8) is 0 Å². The Kier molecular flexibility index (Phi) is 5.96. The number of amides is 1. The highest BCUT2D eigenvalue weighted by Gasteiger charge is 2.20. The molecule has 0 spiro atoms. The molecule has 132 valence electrons. The number of carbonyl (C=O) groups excluding carboxylic acids is 1. The molecule has 0 aromatic heterocycles. The van der Waals surface area contributed by atoms with Crippen LogP contribution in [0.15, 0.2) is 18.2 Å². The Hall–Kier alpha value is -1.75. The highest BCUT2D eigenvalue weighted by molar-refractivity contribution is 5.78. The lowest BCUT2D eigenvalue weighted by Gasteiger charge is -2.26. The Balaban J connectivity index is 1.57. The van der Waals surface area contributed by atoms with Crippen molar-refractivity contribution in [2.45, 2.75) is 51.6 Å². The standard InChI is InChI=1S/C19H28N2O3/c1-2-23-18-12-15(13-20-16-7-8-16)6-9-17(18)24-14-19(22)21-10-4-3-5-11-21/h6,9,12,16,20H,2-5,7-8,10-11,13-14H2,1H3. The van der Waals surface area contributed by atoms with E-state index >= 15 is 0 Å². The zero-order valence-corrected chi connectivity index (χ0v) is 14.6. The lowest BCUT2D eigenvalue weighted by molar-refractivity contribution is -0.134. The number of rotatable bonds is 8. The number of nitrogens with one attached hydrogen (secondary N) is 1. The molecule has 0 bridgehead atoms. The van der Waals surface area contributed by atoms with Gasteiger partial charge in [0.15, 0.2) is 18.1 Å². The fourth-order valence-electron chi connectivity index (χ4n) is 2.97. The summed E-state index contributed by atoms with van der Waals surface area (Å²) < 4.78 is 11.5. The molecule has 0 atom stereocenters. The minimum Gasteiger partial charge on any atom is -0.490 e. The van der Waals surface area contributed by atoms with Crippen molar-refractivity contribution in [2.75, 3.05) is 26.3 Å². The van der Waals surface area contributed by atoms with Crippen molar-refractivity contribution >= 4 is 5.91 Å². The predicted octanol–water partition coefficient (Wildman–Crippen LogP) is 2.73. The summed E-state index contributed by atoms with van der Waals surface area (Å²) >= 11 is 0. The van der Waals surface area contributed by atoms with Crippen LogP contribution in [0.5, 0.6) is 11.5 Å². The van der Waals surface area contributed by atoms with E-state index < -0.39 is 0 Å². The molecular formula is C19H28N2O3. The van der Waals surface area contributed by atoms with Crippen molar-refractivity contribution < 1.29 is 14.3 Å². The van der Waals surface area contributed by atoms with E-state index in [-0.39, 0.29) is 12.5 Å². The lowest BCUT2D eigenvalue weighted by Crippen LogP contribution is -2.38. The van der Waals surface area contributed by atoms with Crippen molar-refractivity contribution in [1.82, 2.24) is 10.2 Å². The van der Waals surface area contributed by atoms with Gasteiger partial charge in [-0.15, -0.1) is 0 Å². The number of nitrogens with zero attached hydrogens (tertiary/aromatic N) is 1. The van der Waals surface area contributed by atoms with Crippen LogP contribution in [0, 0.1) is 0 Å². The van der Waals surface area contributed by atoms with E-state index in [1.165, 1.54) is 24.8 Å². The minimum atomic E-state index is 0.0663. The van der Waals surface area contributed by atoms with Crippen LogP contribution in [0.25, 0.3) is 0 Å². The van der Waals surface area contributed by atoms with Gasteiger partial charge in [0.1, 0.15) is 0 Å². The van der Waals surface area contributed by atoms with E-state index in [0.717, 1.165) is 38.2 Å². The van der Waals surface area contributed by atoms with Crippen LogP contribution >= 0.6 is 0 Å². The third-order valence-corrected chi connectivity index (χ3v) is 4.54. The summed E-state index contributed by atoms with van der Waals surface area (Å²) in [5, 5.41) is 3.50. The van der Waals surface area contributed by atoms with Crippen LogP contribution in [0.2, 0.25) is 0 Å². The van der Waals surface area contributed by atoms with Gasteiger partial charge in [0.2, 0.25) is 0 Å². The maximum atomic E-state index is 12.2. The predicted molar refractivity (Wildman–Crippen MR) is 93.4 cm³/mol. The summed E-state index contributed by atoms with van der Waals surface area (Å²) in [6, 6.07) is 6.65. The van der Waals surface area contributed by atoms with E-state index in [1.54, 1.807) is 0 Å². The van der Waals surface area contributed by atoms with Gasteiger partial charge in [-0.3, -0.25) is 4.79 Å². The molecule has 5 heteroatoms. The normalized spacial score (nSPS) is 17.6. The number of hydrogen-bond acceptors (Lipinski definition) is 4. The molecule has 1 saturated heterocycles. The Morgan fingerprint density at radius 3 is 2.67 bits per heavy atom. The molecule has 3 rings (SSSR count). The highest BCUT2D eigenvalue weighted by atomic mass is 16.5. The Labute approximate surface area is 144 Å². The van der Waals surface area contributed by atoms with Gasteiger partial charge >= 0.3 is 0 Å². The minimum absolute atomic E-state index is 0.0663. The Bertz CT molecular complexity index is 552. The molecule has 1 aliphatic carbocycles. The van der Waals surface area contributed by atoms with Crippen molar-refractivity contribution in [1.29, 1.82) is 0 Å². The molecule has 5 nitrogen and oxygen atoms in total. The monoisotopic (exact) mass is 332 g/mol. The average molecular weight is 332 g/mol. The summed E-state index contributed by atoms with van der Waals surface area (Å²) in [4.78, 5) is 14.1. The van der Waals surface area contributed by atoms with Crippen LogP contribution in [0.3, 0.4) is 0 Å². The van der Waals surface area contributed by atoms with E-state index in [9.17, 15) is 4.79 Å². The number of ether oxygens (including phenoxy) is 2. The van der Waals surface area contributed by atoms with Crippen LogP contribution < -0.4 is 14.8 Å². The average Bonchev–Trinajstić information content (AvgIpc) is 3.44. The zero-order valence-electron chi connectivity index (χ0n) is 14.6. The van der Waals surface area contributed by atoms with Gasteiger partial charge in [-0.05, 0) is 56.7 Å². The lowest BCUT2D eigenvalue weighted by atomic mass is 10.1. The highest BCUT2D eigenvalue weighted by Crippen LogP contribution is 2.29. The summed E-state index contributed by atoms with van der Waals surface area (Å²) in [6.07, 6.45) is 5.96.